The van der Waals surface area contributed by atoms with Gasteiger partial charge in [-0.25, -0.2) is 0 Å². The van der Waals surface area contributed by atoms with Crippen molar-refractivity contribution in [3.05, 3.63) is 41.2 Å². The lowest BCUT2D eigenvalue weighted by Crippen LogP contribution is -2.21. The number of nitrogens with one attached hydrogen (secondary N) is 1. The Morgan fingerprint density at radius 2 is 2.05 bits per heavy atom. The van der Waals surface area contributed by atoms with Crippen LogP contribution in [0.15, 0.2) is 24.3 Å². The van der Waals surface area contributed by atoms with Crippen molar-refractivity contribution >= 4 is 17.3 Å². The molecule has 0 bridgehead atoms. The van der Waals surface area contributed by atoms with Crippen molar-refractivity contribution in [3.63, 3.8) is 0 Å². The van der Waals surface area contributed by atoms with Crippen molar-refractivity contribution in [3.8, 4) is 0 Å². The molecule has 2 aromatic rings. The molecule has 0 fully saturated rings. The topological polar surface area (TPSA) is 72.9 Å². The lowest BCUT2D eigenvalue weighted by atomic mass is 10.2. The molecule has 5 heteroatoms. The Labute approximate surface area is 125 Å². The summed E-state index contributed by atoms with van der Waals surface area (Å²) < 4.78 is 1.77. The fourth-order valence-corrected chi connectivity index (χ4v) is 2.16. The van der Waals surface area contributed by atoms with Gasteiger partial charge in [0.05, 0.1) is 5.69 Å². The van der Waals surface area contributed by atoms with Crippen LogP contribution in [0.4, 0.5) is 11.4 Å². The monoisotopic (exact) mass is 286 g/mol. The third kappa shape index (κ3) is 3.62. The van der Waals surface area contributed by atoms with Crippen LogP contribution in [0.3, 0.4) is 0 Å². The highest BCUT2D eigenvalue weighted by atomic mass is 16.2. The molecule has 1 heterocycles. The third-order valence-electron chi connectivity index (χ3n) is 3.49. The maximum absolute atomic E-state index is 12.1. The normalized spacial score (nSPS) is 10.6. The van der Waals surface area contributed by atoms with Crippen LogP contribution in [0.5, 0.6) is 0 Å². The molecule has 0 aliphatic carbocycles. The van der Waals surface area contributed by atoms with Gasteiger partial charge in [0.25, 0.3) is 0 Å². The minimum absolute atomic E-state index is 0.0984. The molecule has 5 nitrogen and oxygen atoms in total. The number of hydrogen-bond donors (Lipinski definition) is 2. The summed E-state index contributed by atoms with van der Waals surface area (Å²) in [5.74, 6) is -0.0984. The SMILES string of the molecule is CCc1cc(CC)n(CC(=O)Nc2ccc(C)c(N)c2)n1. The molecular formula is C16H22N4O. The van der Waals surface area contributed by atoms with E-state index in [-0.39, 0.29) is 12.5 Å². The third-order valence-corrected chi connectivity index (χ3v) is 3.49. The summed E-state index contributed by atoms with van der Waals surface area (Å²) in [6.45, 7) is 6.27. The molecule has 0 saturated carbocycles. The Bertz CT molecular complexity index is 646. The Morgan fingerprint density at radius 3 is 2.67 bits per heavy atom. The number of anilines is 2. The molecule has 1 amide bonds. The van der Waals surface area contributed by atoms with E-state index < -0.39 is 0 Å². The molecule has 0 aliphatic rings. The van der Waals surface area contributed by atoms with Gasteiger partial charge in [-0.15, -0.1) is 0 Å². The first-order valence-corrected chi connectivity index (χ1v) is 7.25. The van der Waals surface area contributed by atoms with Gasteiger partial charge < -0.3 is 11.1 Å². The van der Waals surface area contributed by atoms with Crippen LogP contribution in [0.2, 0.25) is 0 Å². The zero-order valence-corrected chi connectivity index (χ0v) is 12.8. The van der Waals surface area contributed by atoms with E-state index in [1.165, 1.54) is 0 Å². The minimum atomic E-state index is -0.0984. The number of nitrogens with two attached hydrogens (primary N) is 1. The summed E-state index contributed by atoms with van der Waals surface area (Å²) in [5, 5.41) is 7.30. The van der Waals surface area contributed by atoms with E-state index >= 15 is 0 Å². The average molecular weight is 286 g/mol. The predicted molar refractivity (Wildman–Crippen MR) is 85.2 cm³/mol. The standard InChI is InChI=1S/C16H22N4O/c1-4-12-8-14(5-2)20(19-12)10-16(21)18-13-7-6-11(3)15(17)9-13/h6-9H,4-5,10,17H2,1-3H3,(H,18,21). The zero-order chi connectivity index (χ0) is 15.4. The Morgan fingerprint density at radius 1 is 1.29 bits per heavy atom. The highest BCUT2D eigenvalue weighted by Gasteiger charge is 2.10. The number of amides is 1. The van der Waals surface area contributed by atoms with Crippen LogP contribution in [0, 0.1) is 6.92 Å². The maximum atomic E-state index is 12.1. The summed E-state index contributed by atoms with van der Waals surface area (Å²) in [4.78, 5) is 12.1. The van der Waals surface area contributed by atoms with E-state index in [1.54, 1.807) is 10.7 Å². The summed E-state index contributed by atoms with van der Waals surface area (Å²) in [7, 11) is 0. The molecular weight excluding hydrogens is 264 g/mol. The van der Waals surface area contributed by atoms with Crippen LogP contribution in [0.25, 0.3) is 0 Å². The van der Waals surface area contributed by atoms with E-state index in [2.05, 4.69) is 30.3 Å². The molecule has 0 atom stereocenters. The van der Waals surface area contributed by atoms with E-state index in [0.29, 0.717) is 11.4 Å². The van der Waals surface area contributed by atoms with Crippen LogP contribution < -0.4 is 11.1 Å². The highest BCUT2D eigenvalue weighted by molar-refractivity contribution is 5.91. The summed E-state index contributed by atoms with van der Waals surface area (Å²) >= 11 is 0. The number of carbonyl (C=O) groups excluding carboxylic acids is 1. The first-order chi connectivity index (χ1) is 10.0. The van der Waals surface area contributed by atoms with Crippen molar-refractivity contribution in [1.82, 2.24) is 9.78 Å². The van der Waals surface area contributed by atoms with E-state index in [9.17, 15) is 4.79 Å². The van der Waals surface area contributed by atoms with Gasteiger partial charge in [-0.3, -0.25) is 9.48 Å². The quantitative estimate of drug-likeness (QED) is 0.830. The second-order valence-electron chi connectivity index (χ2n) is 5.11. The molecule has 0 radical (unpaired) electrons. The van der Waals surface area contributed by atoms with Gasteiger partial charge >= 0.3 is 0 Å². The number of hydrogen-bond acceptors (Lipinski definition) is 3. The number of rotatable bonds is 5. The number of aromatic nitrogens is 2. The maximum Gasteiger partial charge on any atom is 0.246 e. The number of benzene rings is 1. The molecule has 1 aromatic heterocycles. The van der Waals surface area contributed by atoms with Gasteiger partial charge in [-0.05, 0) is 43.5 Å². The molecule has 0 spiro atoms. The molecule has 3 N–H and O–H groups in total. The predicted octanol–water partition coefficient (Wildman–Crippen LogP) is 2.54. The fraction of sp³-hybridized carbons (Fsp3) is 0.375. The van der Waals surface area contributed by atoms with Crippen molar-refractivity contribution in [2.24, 2.45) is 0 Å². The summed E-state index contributed by atoms with van der Waals surface area (Å²) in [6.07, 6.45) is 1.73. The van der Waals surface area contributed by atoms with Crippen molar-refractivity contribution in [2.45, 2.75) is 40.2 Å². The molecule has 0 unspecified atom stereocenters. The summed E-state index contributed by atoms with van der Waals surface area (Å²) in [6, 6.07) is 7.57. The Hall–Kier alpha value is -2.30. The lowest BCUT2D eigenvalue weighted by Gasteiger charge is -2.09. The highest BCUT2D eigenvalue weighted by Crippen LogP contribution is 2.17. The average Bonchev–Trinajstić information content (AvgIpc) is 2.85. The number of nitrogen functional groups attached to an aromatic ring is 1. The smallest absolute Gasteiger partial charge is 0.246 e. The van der Waals surface area contributed by atoms with Gasteiger partial charge in [-0.1, -0.05) is 19.9 Å². The van der Waals surface area contributed by atoms with Crippen LogP contribution >= 0.6 is 0 Å². The van der Waals surface area contributed by atoms with Crippen molar-refractivity contribution < 1.29 is 4.79 Å². The zero-order valence-electron chi connectivity index (χ0n) is 12.8. The largest absolute Gasteiger partial charge is 0.398 e. The van der Waals surface area contributed by atoms with Crippen LogP contribution in [0.1, 0.15) is 30.8 Å². The second-order valence-corrected chi connectivity index (χ2v) is 5.11. The van der Waals surface area contributed by atoms with Gasteiger partial charge in [0.2, 0.25) is 5.91 Å². The molecule has 112 valence electrons. The van der Waals surface area contributed by atoms with E-state index in [0.717, 1.165) is 29.8 Å². The lowest BCUT2D eigenvalue weighted by molar-refractivity contribution is -0.116. The van der Waals surface area contributed by atoms with Gasteiger partial charge in [0, 0.05) is 17.1 Å². The first kappa shape index (κ1) is 15.1. The van der Waals surface area contributed by atoms with Crippen LogP contribution in [-0.4, -0.2) is 15.7 Å². The second kappa shape index (κ2) is 6.43. The molecule has 1 aromatic carbocycles. The Kier molecular flexibility index (Phi) is 4.62. The number of carbonyl (C=O) groups is 1. The van der Waals surface area contributed by atoms with Crippen LogP contribution in [-0.2, 0) is 24.2 Å². The summed E-state index contributed by atoms with van der Waals surface area (Å²) in [5.41, 5.74) is 10.3. The van der Waals surface area contributed by atoms with Gasteiger partial charge in [0.15, 0.2) is 0 Å². The first-order valence-electron chi connectivity index (χ1n) is 7.25. The van der Waals surface area contributed by atoms with Gasteiger partial charge in [0.1, 0.15) is 6.54 Å². The molecule has 2 rings (SSSR count). The fourth-order valence-electron chi connectivity index (χ4n) is 2.16. The van der Waals surface area contributed by atoms with Crippen molar-refractivity contribution in [2.75, 3.05) is 11.1 Å². The molecule has 21 heavy (non-hydrogen) atoms. The molecule has 0 aliphatic heterocycles. The number of nitrogens with zero attached hydrogens (tertiary/aromatic N) is 2. The van der Waals surface area contributed by atoms with E-state index in [1.807, 2.05) is 19.1 Å². The Balaban J connectivity index is 2.07. The van der Waals surface area contributed by atoms with E-state index in [4.69, 9.17) is 5.73 Å². The van der Waals surface area contributed by atoms with Crippen molar-refractivity contribution in [1.29, 1.82) is 0 Å². The minimum Gasteiger partial charge on any atom is -0.398 e. The number of aryl methyl sites for hydroxylation is 3. The molecule has 0 saturated heterocycles. The van der Waals surface area contributed by atoms with Gasteiger partial charge in [-0.2, -0.15) is 5.10 Å².